The Morgan fingerprint density at radius 2 is 2.11 bits per heavy atom. The zero-order valence-electron chi connectivity index (χ0n) is 10.3. The van der Waals surface area contributed by atoms with Crippen molar-refractivity contribution in [3.63, 3.8) is 0 Å². The Morgan fingerprint density at radius 1 is 1.39 bits per heavy atom. The number of nitrogen functional groups attached to an aromatic ring is 1. The molecule has 1 aromatic carbocycles. The van der Waals surface area contributed by atoms with Crippen LogP contribution < -0.4 is 5.73 Å². The van der Waals surface area contributed by atoms with Crippen molar-refractivity contribution < 1.29 is 8.42 Å². The van der Waals surface area contributed by atoms with Crippen molar-refractivity contribution in [3.05, 3.63) is 22.7 Å². The molecule has 0 bridgehead atoms. The molecule has 100 valence electrons. The first-order chi connectivity index (χ1) is 8.43. The molecule has 0 saturated carbocycles. The Hall–Kier alpha value is -0.590. The van der Waals surface area contributed by atoms with Gasteiger partial charge in [0.1, 0.15) is 4.90 Å². The summed E-state index contributed by atoms with van der Waals surface area (Å²) >= 11 is 3.28. The van der Waals surface area contributed by atoms with Crippen LogP contribution in [0.25, 0.3) is 0 Å². The number of nitrogens with two attached hydrogens (primary N) is 1. The molecule has 0 aliphatic carbocycles. The van der Waals surface area contributed by atoms with Crippen LogP contribution in [0, 0.1) is 0 Å². The van der Waals surface area contributed by atoms with Crippen molar-refractivity contribution in [2.24, 2.45) is 0 Å². The average molecular weight is 333 g/mol. The highest BCUT2D eigenvalue weighted by molar-refractivity contribution is 9.10. The predicted molar refractivity (Wildman–Crippen MR) is 75.8 cm³/mol. The van der Waals surface area contributed by atoms with Crippen molar-refractivity contribution in [1.29, 1.82) is 0 Å². The van der Waals surface area contributed by atoms with Gasteiger partial charge in [-0.15, -0.1) is 0 Å². The standard InChI is InChI=1S/C12H17BrN2O2S/c1-9-4-2-3-7-15(9)18(16,17)12-6-5-10(13)8-11(12)14/h5-6,8-9H,2-4,7,14H2,1H3. The quantitative estimate of drug-likeness (QED) is 0.846. The molecule has 1 atom stereocenters. The molecule has 4 nitrogen and oxygen atoms in total. The molecular formula is C12H17BrN2O2S. The Kier molecular flexibility index (Phi) is 3.99. The van der Waals surface area contributed by atoms with E-state index in [2.05, 4.69) is 15.9 Å². The van der Waals surface area contributed by atoms with Crippen molar-refractivity contribution in [2.75, 3.05) is 12.3 Å². The fraction of sp³-hybridized carbons (Fsp3) is 0.500. The number of hydrogen-bond acceptors (Lipinski definition) is 3. The fourth-order valence-corrected chi connectivity index (χ4v) is 4.49. The highest BCUT2D eigenvalue weighted by atomic mass is 79.9. The summed E-state index contributed by atoms with van der Waals surface area (Å²) in [4.78, 5) is 0.208. The molecular weight excluding hydrogens is 316 g/mol. The molecule has 6 heteroatoms. The van der Waals surface area contributed by atoms with E-state index < -0.39 is 10.0 Å². The number of halogens is 1. The summed E-state index contributed by atoms with van der Waals surface area (Å²) in [7, 11) is -3.47. The highest BCUT2D eigenvalue weighted by Crippen LogP contribution is 2.29. The lowest BCUT2D eigenvalue weighted by Gasteiger charge is -2.32. The molecule has 0 spiro atoms. The molecule has 0 radical (unpaired) electrons. The summed E-state index contributed by atoms with van der Waals surface area (Å²) in [6, 6.07) is 4.95. The van der Waals surface area contributed by atoms with Gasteiger partial charge in [0.05, 0.1) is 5.69 Å². The van der Waals surface area contributed by atoms with Gasteiger partial charge in [0, 0.05) is 17.1 Å². The third kappa shape index (κ3) is 2.55. The van der Waals surface area contributed by atoms with E-state index in [1.807, 2.05) is 6.92 Å². The Bertz CT molecular complexity index is 545. The van der Waals surface area contributed by atoms with Crippen LogP contribution in [0.2, 0.25) is 0 Å². The molecule has 1 unspecified atom stereocenters. The van der Waals surface area contributed by atoms with Gasteiger partial charge in [-0.3, -0.25) is 0 Å². The van der Waals surface area contributed by atoms with E-state index in [-0.39, 0.29) is 10.9 Å². The minimum atomic E-state index is -3.47. The van der Waals surface area contributed by atoms with Crippen molar-refractivity contribution in [2.45, 2.75) is 37.1 Å². The van der Waals surface area contributed by atoms with Crippen molar-refractivity contribution in [3.8, 4) is 0 Å². The number of piperidine rings is 1. The van der Waals surface area contributed by atoms with Gasteiger partial charge in [0.25, 0.3) is 0 Å². The van der Waals surface area contributed by atoms with Gasteiger partial charge in [-0.1, -0.05) is 22.4 Å². The van der Waals surface area contributed by atoms with Gasteiger partial charge in [0.15, 0.2) is 0 Å². The van der Waals surface area contributed by atoms with E-state index in [9.17, 15) is 8.42 Å². The van der Waals surface area contributed by atoms with Gasteiger partial charge in [-0.25, -0.2) is 8.42 Å². The van der Waals surface area contributed by atoms with Crippen LogP contribution in [0.5, 0.6) is 0 Å². The molecule has 1 aliphatic heterocycles. The van der Waals surface area contributed by atoms with Gasteiger partial charge >= 0.3 is 0 Å². The smallest absolute Gasteiger partial charge is 0.245 e. The number of anilines is 1. The summed E-state index contributed by atoms with van der Waals surface area (Å²) in [6.45, 7) is 2.53. The number of rotatable bonds is 2. The maximum atomic E-state index is 12.6. The van der Waals surface area contributed by atoms with Gasteiger partial charge in [0.2, 0.25) is 10.0 Å². The molecule has 0 amide bonds. The monoisotopic (exact) mass is 332 g/mol. The normalized spacial score (nSPS) is 22.0. The second-order valence-corrected chi connectivity index (χ2v) is 7.42. The van der Waals surface area contributed by atoms with Crippen LogP contribution in [0.4, 0.5) is 5.69 Å². The summed E-state index contributed by atoms with van der Waals surface area (Å²) in [5.41, 5.74) is 6.12. The lowest BCUT2D eigenvalue weighted by Crippen LogP contribution is -2.42. The average Bonchev–Trinajstić information content (AvgIpc) is 2.28. The van der Waals surface area contributed by atoms with Gasteiger partial charge < -0.3 is 5.73 Å². The molecule has 1 heterocycles. The molecule has 1 aliphatic rings. The lowest BCUT2D eigenvalue weighted by molar-refractivity contribution is 0.269. The minimum Gasteiger partial charge on any atom is -0.398 e. The first-order valence-corrected chi connectivity index (χ1v) is 8.23. The predicted octanol–water partition coefficient (Wildman–Crippen LogP) is 2.59. The SMILES string of the molecule is CC1CCCCN1S(=O)(=O)c1ccc(Br)cc1N. The molecule has 1 saturated heterocycles. The molecule has 0 aromatic heterocycles. The second-order valence-electron chi connectivity index (χ2n) is 4.64. The second kappa shape index (κ2) is 5.19. The largest absolute Gasteiger partial charge is 0.398 e. The lowest BCUT2D eigenvalue weighted by atomic mass is 10.1. The molecule has 1 fully saturated rings. The summed E-state index contributed by atoms with van der Waals surface area (Å²) in [5.74, 6) is 0. The first-order valence-electron chi connectivity index (χ1n) is 6.00. The Labute approximate surface area is 116 Å². The van der Waals surface area contributed by atoms with E-state index >= 15 is 0 Å². The zero-order chi connectivity index (χ0) is 13.3. The number of sulfonamides is 1. The summed E-state index contributed by atoms with van der Waals surface area (Å²) < 4.78 is 27.5. The molecule has 18 heavy (non-hydrogen) atoms. The van der Waals surface area contributed by atoms with E-state index in [4.69, 9.17) is 5.73 Å². The van der Waals surface area contributed by atoms with Crippen molar-refractivity contribution >= 4 is 31.6 Å². The van der Waals surface area contributed by atoms with Gasteiger partial charge in [-0.2, -0.15) is 4.31 Å². The van der Waals surface area contributed by atoms with Crippen LogP contribution in [0.3, 0.4) is 0 Å². The minimum absolute atomic E-state index is 0.0480. The van der Waals surface area contributed by atoms with Crippen molar-refractivity contribution in [1.82, 2.24) is 4.31 Å². The van der Waals surface area contributed by atoms with Gasteiger partial charge in [-0.05, 0) is 38.0 Å². The van der Waals surface area contributed by atoms with Crippen LogP contribution in [0.15, 0.2) is 27.6 Å². The Balaban J connectivity index is 2.41. The molecule has 2 N–H and O–H groups in total. The molecule has 2 rings (SSSR count). The zero-order valence-corrected chi connectivity index (χ0v) is 12.7. The highest BCUT2D eigenvalue weighted by Gasteiger charge is 2.32. The topological polar surface area (TPSA) is 63.4 Å². The Morgan fingerprint density at radius 3 is 2.72 bits per heavy atom. The van der Waals surface area contributed by atoms with Crippen LogP contribution in [0.1, 0.15) is 26.2 Å². The maximum absolute atomic E-state index is 12.6. The maximum Gasteiger partial charge on any atom is 0.245 e. The fourth-order valence-electron chi connectivity index (χ4n) is 2.31. The van der Waals surface area contributed by atoms with E-state index in [1.165, 1.54) is 0 Å². The number of hydrogen-bond donors (Lipinski definition) is 1. The molecule has 1 aromatic rings. The van der Waals surface area contributed by atoms with E-state index in [0.717, 1.165) is 23.7 Å². The number of nitrogens with zero attached hydrogens (tertiary/aromatic N) is 1. The van der Waals surface area contributed by atoms with E-state index in [1.54, 1.807) is 22.5 Å². The van der Waals surface area contributed by atoms with E-state index in [0.29, 0.717) is 12.2 Å². The summed E-state index contributed by atoms with van der Waals surface area (Å²) in [5, 5.41) is 0. The van der Waals surface area contributed by atoms with Crippen LogP contribution in [-0.4, -0.2) is 25.3 Å². The van der Waals surface area contributed by atoms with Crippen LogP contribution >= 0.6 is 15.9 Å². The third-order valence-corrected chi connectivity index (χ3v) is 5.88. The van der Waals surface area contributed by atoms with Crippen LogP contribution in [-0.2, 0) is 10.0 Å². The first kappa shape index (κ1) is 13.8. The third-order valence-electron chi connectivity index (χ3n) is 3.30. The number of benzene rings is 1. The summed E-state index contributed by atoms with van der Waals surface area (Å²) in [6.07, 6.45) is 2.92.